The molecule has 11 heteroatoms. The van der Waals surface area contributed by atoms with E-state index in [0.717, 1.165) is 49.0 Å². The number of hydrogen-bond donors (Lipinski definition) is 3. The van der Waals surface area contributed by atoms with Crippen LogP contribution in [0.5, 0.6) is 11.8 Å². The first-order valence-corrected chi connectivity index (χ1v) is 14.3. The Hall–Kier alpha value is -4.58. The largest absolute Gasteiger partial charge is 0.426 e. The van der Waals surface area contributed by atoms with E-state index in [9.17, 15) is 13.6 Å². The number of rotatable bonds is 10. The lowest BCUT2D eigenvalue weighted by molar-refractivity contribution is 0.0894. The van der Waals surface area contributed by atoms with Crippen LogP contribution in [0.2, 0.25) is 0 Å². The second-order valence-electron chi connectivity index (χ2n) is 10.7. The van der Waals surface area contributed by atoms with Gasteiger partial charge < -0.3 is 20.1 Å². The Kier molecular flexibility index (Phi) is 9.92. The summed E-state index contributed by atoms with van der Waals surface area (Å²) in [6.07, 6.45) is -1.62. The van der Waals surface area contributed by atoms with Gasteiger partial charge in [0.15, 0.2) is 5.82 Å². The molecule has 0 saturated carbocycles. The molecule has 0 radical (unpaired) electrons. The lowest BCUT2D eigenvalue weighted by Gasteiger charge is -2.39. The van der Waals surface area contributed by atoms with E-state index in [0.29, 0.717) is 23.2 Å². The maximum atomic E-state index is 15.6. The number of aromatic amines is 1. The first kappa shape index (κ1) is 31.8. The van der Waals surface area contributed by atoms with E-state index in [1.165, 1.54) is 6.07 Å². The van der Waals surface area contributed by atoms with Gasteiger partial charge in [-0.1, -0.05) is 54.6 Å². The Labute approximate surface area is 257 Å². The molecule has 234 valence electrons. The Morgan fingerprint density at radius 3 is 2.29 bits per heavy atom. The van der Waals surface area contributed by atoms with E-state index in [-0.39, 0.29) is 35.2 Å². The Morgan fingerprint density at radius 1 is 1.00 bits per heavy atom. The van der Waals surface area contributed by atoms with Crippen molar-refractivity contribution in [3.8, 4) is 34.0 Å². The van der Waals surface area contributed by atoms with E-state index < -0.39 is 18.1 Å². The molecule has 0 amide bonds. The number of fused-ring (bicyclic) bond motifs is 1. The third-order valence-corrected chi connectivity index (χ3v) is 7.62. The van der Waals surface area contributed by atoms with Crippen molar-refractivity contribution in [1.82, 2.24) is 20.2 Å². The number of carbonyl (C=O) groups excluding carboxylic acids is 1. The molecule has 4 aromatic carbocycles. The lowest BCUT2D eigenvalue weighted by Crippen LogP contribution is -2.58. The van der Waals surface area contributed by atoms with Crippen molar-refractivity contribution >= 4 is 17.3 Å². The first-order chi connectivity index (χ1) is 21.8. The molecule has 7 nitrogen and oxygen atoms in total. The Morgan fingerprint density at radius 2 is 1.64 bits per heavy atom. The average Bonchev–Trinajstić information content (AvgIpc) is 3.43. The van der Waals surface area contributed by atoms with Crippen LogP contribution in [-0.4, -0.2) is 65.5 Å². The van der Waals surface area contributed by atoms with Crippen LogP contribution < -0.4 is 10.1 Å². The monoisotopic (exact) mass is 620 g/mol. The molecule has 1 saturated heterocycles. The lowest BCUT2D eigenvalue weighted by atomic mass is 9.98. The summed E-state index contributed by atoms with van der Waals surface area (Å²) in [6.45, 7) is 3.72. The van der Waals surface area contributed by atoms with E-state index in [2.05, 4.69) is 20.2 Å². The third-order valence-electron chi connectivity index (χ3n) is 7.62. The minimum absolute atomic E-state index is 0.0257. The molecule has 0 unspecified atom stereocenters. The van der Waals surface area contributed by atoms with Gasteiger partial charge in [0.25, 0.3) is 12.4 Å². The van der Waals surface area contributed by atoms with Gasteiger partial charge in [-0.3, -0.25) is 9.69 Å². The molecule has 2 heterocycles. The van der Waals surface area contributed by atoms with Crippen molar-refractivity contribution in [3.63, 3.8) is 0 Å². The number of aryl methyl sites for hydroxylation is 1. The Bertz CT molecular complexity index is 1770. The zero-order valence-electron chi connectivity index (χ0n) is 24.7. The van der Waals surface area contributed by atoms with E-state index in [4.69, 9.17) is 9.84 Å². The van der Waals surface area contributed by atoms with Crippen LogP contribution >= 0.6 is 0 Å². The minimum Gasteiger partial charge on any atom is -0.426 e. The summed E-state index contributed by atoms with van der Waals surface area (Å²) >= 11 is 0. The predicted molar refractivity (Wildman–Crippen MR) is 165 cm³/mol. The van der Waals surface area contributed by atoms with E-state index in [1.807, 2.05) is 36.4 Å². The summed E-state index contributed by atoms with van der Waals surface area (Å²) in [7, 11) is 1.00. The molecule has 0 aliphatic carbocycles. The topological polar surface area (TPSA) is 90.5 Å². The van der Waals surface area contributed by atoms with Crippen LogP contribution in [0.15, 0.2) is 72.8 Å². The van der Waals surface area contributed by atoms with Gasteiger partial charge in [-0.05, 0) is 46.9 Å². The zero-order chi connectivity index (χ0) is 32.1. The number of hydrogen-bond acceptors (Lipinski definition) is 6. The van der Waals surface area contributed by atoms with Crippen molar-refractivity contribution in [2.75, 3.05) is 26.7 Å². The molecule has 0 bridgehead atoms. The smallest absolute Gasteiger partial charge is 0.300 e. The number of aromatic nitrogens is 2. The van der Waals surface area contributed by atoms with Gasteiger partial charge in [-0.2, -0.15) is 4.98 Å². The molecular weight excluding hydrogens is 588 g/mol. The van der Waals surface area contributed by atoms with Crippen molar-refractivity contribution < 1.29 is 32.2 Å². The van der Waals surface area contributed by atoms with Gasteiger partial charge in [-0.15, -0.1) is 0 Å². The van der Waals surface area contributed by atoms with Crippen molar-refractivity contribution in [2.45, 2.75) is 25.9 Å². The molecule has 45 heavy (non-hydrogen) atoms. The molecule has 0 atom stereocenters. The number of benzene rings is 4. The summed E-state index contributed by atoms with van der Waals surface area (Å²) in [5.74, 6) is -1.22. The molecule has 1 fully saturated rings. The number of ether oxygens (including phenoxy) is 1. The molecule has 1 aliphatic rings. The van der Waals surface area contributed by atoms with Crippen molar-refractivity contribution in [3.05, 3.63) is 101 Å². The molecule has 6 rings (SSSR count). The summed E-state index contributed by atoms with van der Waals surface area (Å²) in [5.41, 5.74) is 4.45. The summed E-state index contributed by atoms with van der Waals surface area (Å²) in [6, 6.07) is 21.2. The molecular formula is C34H32F4N4O3. The van der Waals surface area contributed by atoms with Gasteiger partial charge in [0.05, 0.1) is 17.6 Å². The van der Waals surface area contributed by atoms with Crippen LogP contribution in [0.1, 0.15) is 21.5 Å². The van der Waals surface area contributed by atoms with Crippen LogP contribution in [-0.2, 0) is 6.54 Å². The number of likely N-dealkylation sites (tertiary alicyclic amines) is 1. The van der Waals surface area contributed by atoms with Crippen LogP contribution in [0, 0.1) is 18.6 Å². The second-order valence-corrected chi connectivity index (χ2v) is 10.7. The SMILES string of the molecule is CO.Cc1ccc(Oc2nc3c(F)c(-c4ccc(-c5ccc(CN6CC(NCC(F)F)C6)cc5)cc4)c(F)cc3[nH]2)cc1C=O. The number of aliphatic hydroxyl groups is 1. The normalized spacial score (nSPS) is 13.4. The highest BCUT2D eigenvalue weighted by Crippen LogP contribution is 2.34. The van der Waals surface area contributed by atoms with Crippen molar-refractivity contribution in [1.29, 1.82) is 0 Å². The summed E-state index contributed by atoms with van der Waals surface area (Å²) in [4.78, 5) is 20.4. The number of aliphatic hydroxyl groups excluding tert-OH is 1. The molecule has 1 aromatic heterocycles. The van der Waals surface area contributed by atoms with Gasteiger partial charge >= 0.3 is 0 Å². The first-order valence-electron chi connectivity index (χ1n) is 14.3. The van der Waals surface area contributed by atoms with Gasteiger partial charge in [-0.25, -0.2) is 17.6 Å². The second kappa shape index (κ2) is 14.0. The maximum Gasteiger partial charge on any atom is 0.300 e. The fraction of sp³-hybridized carbons (Fsp3) is 0.235. The molecule has 0 spiro atoms. The standard InChI is InChI=1S/C33H28F4N4O2.CH4O/c1-19-2-11-26(12-24(19)18-42)43-33-39-28-13-27(34)30(31(37)32(28)40-33)23-9-7-22(8-10-23)21-5-3-20(4-6-21)15-41-16-25(17-41)38-14-29(35)36;1-2/h2-13,18,25,29,38H,14-17H2,1H3,(H,39,40);2H,1H3. The number of nitrogens with zero attached hydrogens (tertiary/aromatic N) is 2. The number of nitrogens with one attached hydrogen (secondary N) is 2. The third kappa shape index (κ3) is 7.22. The van der Waals surface area contributed by atoms with Crippen LogP contribution in [0.4, 0.5) is 17.6 Å². The fourth-order valence-electron chi connectivity index (χ4n) is 5.27. The highest BCUT2D eigenvalue weighted by molar-refractivity contribution is 5.84. The van der Waals surface area contributed by atoms with Crippen molar-refractivity contribution in [2.24, 2.45) is 0 Å². The van der Waals surface area contributed by atoms with Gasteiger partial charge in [0, 0.05) is 44.4 Å². The number of halogens is 4. The predicted octanol–water partition coefficient (Wildman–Crippen LogP) is 6.74. The number of alkyl halides is 2. The van der Waals surface area contributed by atoms with E-state index in [1.54, 1.807) is 37.3 Å². The Balaban J connectivity index is 0.00000196. The number of aldehydes is 1. The maximum absolute atomic E-state index is 15.6. The quantitative estimate of drug-likeness (QED) is 0.118. The average molecular weight is 621 g/mol. The molecule has 3 N–H and O–H groups in total. The number of carbonyl (C=O) groups is 1. The van der Waals surface area contributed by atoms with Crippen LogP contribution in [0.3, 0.4) is 0 Å². The highest BCUT2D eigenvalue weighted by atomic mass is 19.3. The van der Waals surface area contributed by atoms with Gasteiger partial charge in [0.1, 0.15) is 23.4 Å². The fourth-order valence-corrected chi connectivity index (χ4v) is 5.27. The van der Waals surface area contributed by atoms with Crippen LogP contribution in [0.25, 0.3) is 33.3 Å². The van der Waals surface area contributed by atoms with E-state index >= 15 is 8.78 Å². The highest BCUT2D eigenvalue weighted by Gasteiger charge is 2.26. The summed E-state index contributed by atoms with van der Waals surface area (Å²) < 4.78 is 61.1. The van der Waals surface area contributed by atoms with Gasteiger partial charge in [0.2, 0.25) is 0 Å². The zero-order valence-corrected chi connectivity index (χ0v) is 24.7. The summed E-state index contributed by atoms with van der Waals surface area (Å²) in [5, 5.41) is 9.85. The number of H-pyrrole nitrogens is 1. The minimum atomic E-state index is -2.34. The molecule has 1 aliphatic heterocycles. The molecule has 5 aromatic rings. The number of imidazole rings is 1.